The predicted molar refractivity (Wildman–Crippen MR) is 142 cm³/mol. The first-order valence-electron chi connectivity index (χ1n) is 12.4. The molecule has 1 saturated heterocycles. The number of carbonyl (C=O) groups is 1. The van der Waals surface area contributed by atoms with Crippen molar-refractivity contribution in [3.8, 4) is 22.5 Å². The fraction of sp³-hybridized carbons (Fsp3) is 0.200. The van der Waals surface area contributed by atoms with E-state index in [2.05, 4.69) is 41.2 Å². The third-order valence-electron chi connectivity index (χ3n) is 7.05. The fourth-order valence-electron chi connectivity index (χ4n) is 5.11. The van der Waals surface area contributed by atoms with Crippen molar-refractivity contribution < 1.29 is 4.79 Å². The van der Waals surface area contributed by atoms with Crippen molar-refractivity contribution in [1.29, 1.82) is 0 Å². The first-order valence-corrected chi connectivity index (χ1v) is 12.4. The molecule has 0 saturated carbocycles. The van der Waals surface area contributed by atoms with Crippen molar-refractivity contribution >= 4 is 16.8 Å². The quantitative estimate of drug-likeness (QED) is 0.347. The average molecular weight is 474 g/mol. The monoisotopic (exact) mass is 473 g/mol. The summed E-state index contributed by atoms with van der Waals surface area (Å²) in [4.78, 5) is 32.3. The van der Waals surface area contributed by atoms with E-state index >= 15 is 0 Å². The number of rotatable bonds is 4. The second-order valence-corrected chi connectivity index (χ2v) is 9.44. The average Bonchev–Trinajstić information content (AvgIpc) is 3.41. The fourth-order valence-corrected chi connectivity index (χ4v) is 5.11. The standard InChI is InChI=1S/C30H27N5O/c1-20-3-2-4-23(17-20)26-19-33-29(22-7-12-31-13-8-22)34-28(26)21-10-15-35(16-11-21)30(36)25-5-6-27-24(18-25)9-14-32-27/h2-9,12-14,17-19,21,32H,10-11,15-16H2,1H3. The Kier molecular flexibility index (Phi) is 5.77. The van der Waals surface area contributed by atoms with Gasteiger partial charge in [-0.15, -0.1) is 0 Å². The van der Waals surface area contributed by atoms with Crippen LogP contribution in [0, 0.1) is 6.92 Å². The molecule has 1 aliphatic rings. The molecule has 4 heterocycles. The molecule has 0 spiro atoms. The van der Waals surface area contributed by atoms with E-state index in [1.165, 1.54) is 5.56 Å². The zero-order valence-electron chi connectivity index (χ0n) is 20.2. The van der Waals surface area contributed by atoms with Gasteiger partial charge in [-0.25, -0.2) is 9.97 Å². The SMILES string of the molecule is Cc1cccc(-c2cnc(-c3ccncc3)nc2C2CCN(C(=O)c3ccc4[nH]ccc4c3)CC2)c1. The predicted octanol–water partition coefficient (Wildman–Crippen LogP) is 6.02. The summed E-state index contributed by atoms with van der Waals surface area (Å²) in [6.45, 7) is 3.51. The van der Waals surface area contributed by atoms with Crippen molar-refractivity contribution in [2.75, 3.05) is 13.1 Å². The molecule has 0 atom stereocenters. The number of fused-ring (bicyclic) bond motifs is 1. The van der Waals surface area contributed by atoms with Crippen molar-refractivity contribution in [2.24, 2.45) is 0 Å². The minimum Gasteiger partial charge on any atom is -0.361 e. The van der Waals surface area contributed by atoms with E-state index < -0.39 is 0 Å². The molecule has 3 aromatic heterocycles. The molecule has 6 nitrogen and oxygen atoms in total. The van der Waals surface area contributed by atoms with E-state index in [1.54, 1.807) is 12.4 Å². The van der Waals surface area contributed by atoms with Crippen LogP contribution in [0.4, 0.5) is 0 Å². The third kappa shape index (κ3) is 4.26. The van der Waals surface area contributed by atoms with Crippen LogP contribution in [-0.4, -0.2) is 43.8 Å². The Morgan fingerprint density at radius 3 is 2.61 bits per heavy atom. The molecule has 1 amide bonds. The Bertz CT molecular complexity index is 1530. The topological polar surface area (TPSA) is 74.8 Å². The summed E-state index contributed by atoms with van der Waals surface area (Å²) in [5, 5.41) is 1.06. The summed E-state index contributed by atoms with van der Waals surface area (Å²) >= 11 is 0. The highest BCUT2D eigenvalue weighted by molar-refractivity contribution is 5.98. The van der Waals surface area contributed by atoms with Gasteiger partial charge in [0.05, 0.1) is 5.69 Å². The molecule has 1 aliphatic heterocycles. The molecule has 6 heteroatoms. The molecule has 5 aromatic rings. The number of likely N-dealkylation sites (tertiary alicyclic amines) is 1. The van der Waals surface area contributed by atoms with Gasteiger partial charge < -0.3 is 9.88 Å². The number of H-pyrrole nitrogens is 1. The summed E-state index contributed by atoms with van der Waals surface area (Å²) in [7, 11) is 0. The molecule has 0 bridgehead atoms. The smallest absolute Gasteiger partial charge is 0.253 e. The molecule has 2 aromatic carbocycles. The molecule has 36 heavy (non-hydrogen) atoms. The van der Waals surface area contributed by atoms with Crippen LogP contribution in [0.3, 0.4) is 0 Å². The molecular formula is C30H27N5O. The largest absolute Gasteiger partial charge is 0.361 e. The van der Waals surface area contributed by atoms with Crippen LogP contribution >= 0.6 is 0 Å². The molecule has 178 valence electrons. The first kappa shape index (κ1) is 22.2. The lowest BCUT2D eigenvalue weighted by Crippen LogP contribution is -2.38. The summed E-state index contributed by atoms with van der Waals surface area (Å²) < 4.78 is 0. The van der Waals surface area contributed by atoms with Gasteiger partial charge in [-0.1, -0.05) is 29.8 Å². The third-order valence-corrected chi connectivity index (χ3v) is 7.05. The van der Waals surface area contributed by atoms with Gasteiger partial charge in [0.2, 0.25) is 0 Å². The second-order valence-electron chi connectivity index (χ2n) is 9.44. The van der Waals surface area contributed by atoms with Gasteiger partial charge in [-0.3, -0.25) is 9.78 Å². The molecule has 0 unspecified atom stereocenters. The van der Waals surface area contributed by atoms with E-state index in [-0.39, 0.29) is 11.8 Å². The molecular weight excluding hydrogens is 446 g/mol. The minimum atomic E-state index is 0.0932. The Morgan fingerprint density at radius 1 is 0.972 bits per heavy atom. The molecule has 6 rings (SSSR count). The summed E-state index contributed by atoms with van der Waals surface area (Å²) in [5.41, 5.74) is 7.20. The van der Waals surface area contributed by atoms with Gasteiger partial charge in [-0.2, -0.15) is 0 Å². The van der Waals surface area contributed by atoms with Crippen LogP contribution in [0.5, 0.6) is 0 Å². The van der Waals surface area contributed by atoms with E-state index in [4.69, 9.17) is 9.97 Å². The number of aromatic amines is 1. The van der Waals surface area contributed by atoms with Gasteiger partial charge in [0, 0.05) is 71.4 Å². The number of benzene rings is 2. The Labute approximate surface area is 210 Å². The van der Waals surface area contributed by atoms with Crippen LogP contribution in [0.1, 0.15) is 40.4 Å². The number of hydrogen-bond acceptors (Lipinski definition) is 4. The van der Waals surface area contributed by atoms with Crippen molar-refractivity contribution in [1.82, 2.24) is 24.8 Å². The molecule has 1 fully saturated rings. The van der Waals surface area contributed by atoms with Gasteiger partial charge in [-0.05, 0) is 61.7 Å². The van der Waals surface area contributed by atoms with E-state index in [1.807, 2.05) is 53.7 Å². The number of pyridine rings is 1. The van der Waals surface area contributed by atoms with Crippen LogP contribution in [0.2, 0.25) is 0 Å². The normalized spacial score (nSPS) is 14.3. The van der Waals surface area contributed by atoms with E-state index in [0.717, 1.165) is 51.7 Å². The highest BCUT2D eigenvalue weighted by Gasteiger charge is 2.28. The van der Waals surface area contributed by atoms with Gasteiger partial charge >= 0.3 is 0 Å². The first-order chi connectivity index (χ1) is 17.7. The summed E-state index contributed by atoms with van der Waals surface area (Å²) in [6.07, 6.45) is 9.12. The number of carbonyl (C=O) groups excluding carboxylic acids is 1. The molecule has 0 radical (unpaired) electrons. The number of aryl methyl sites for hydroxylation is 1. The zero-order chi connectivity index (χ0) is 24.5. The van der Waals surface area contributed by atoms with E-state index in [0.29, 0.717) is 18.9 Å². The van der Waals surface area contributed by atoms with Crippen LogP contribution in [0.15, 0.2) is 85.5 Å². The van der Waals surface area contributed by atoms with Gasteiger partial charge in [0.1, 0.15) is 0 Å². The lowest BCUT2D eigenvalue weighted by molar-refractivity contribution is 0.0712. The Morgan fingerprint density at radius 2 is 1.81 bits per heavy atom. The number of piperidine rings is 1. The lowest BCUT2D eigenvalue weighted by atomic mass is 9.88. The van der Waals surface area contributed by atoms with Gasteiger partial charge in [0.15, 0.2) is 5.82 Å². The minimum absolute atomic E-state index is 0.0932. The Hall–Kier alpha value is -4.32. The van der Waals surface area contributed by atoms with E-state index in [9.17, 15) is 4.79 Å². The van der Waals surface area contributed by atoms with Crippen molar-refractivity contribution in [3.63, 3.8) is 0 Å². The Balaban J connectivity index is 1.28. The van der Waals surface area contributed by atoms with Crippen LogP contribution in [-0.2, 0) is 0 Å². The maximum Gasteiger partial charge on any atom is 0.253 e. The van der Waals surface area contributed by atoms with Crippen molar-refractivity contribution in [3.05, 3.63) is 102 Å². The molecule has 1 N–H and O–H groups in total. The highest BCUT2D eigenvalue weighted by Crippen LogP contribution is 2.35. The number of aromatic nitrogens is 4. The maximum atomic E-state index is 13.3. The number of nitrogens with one attached hydrogen (secondary N) is 1. The molecule has 0 aliphatic carbocycles. The van der Waals surface area contributed by atoms with Crippen LogP contribution in [0.25, 0.3) is 33.4 Å². The van der Waals surface area contributed by atoms with Crippen molar-refractivity contribution in [2.45, 2.75) is 25.7 Å². The zero-order valence-corrected chi connectivity index (χ0v) is 20.2. The maximum absolute atomic E-state index is 13.3. The summed E-state index contributed by atoms with van der Waals surface area (Å²) in [6, 6.07) is 20.2. The summed E-state index contributed by atoms with van der Waals surface area (Å²) in [5.74, 6) is 1.05. The number of amides is 1. The van der Waals surface area contributed by atoms with Crippen LogP contribution < -0.4 is 0 Å². The highest BCUT2D eigenvalue weighted by atomic mass is 16.2. The number of nitrogens with zero attached hydrogens (tertiary/aromatic N) is 4. The second kappa shape index (κ2) is 9.38. The lowest BCUT2D eigenvalue weighted by Gasteiger charge is -2.32. The van der Waals surface area contributed by atoms with Gasteiger partial charge in [0.25, 0.3) is 5.91 Å². The number of hydrogen-bond donors (Lipinski definition) is 1.